The Kier molecular flexibility index (Phi) is 8.92. The van der Waals surface area contributed by atoms with Crippen molar-refractivity contribution in [2.24, 2.45) is 5.92 Å². The molecule has 0 spiro atoms. The maximum Gasteiger partial charge on any atom is 0.573 e. The van der Waals surface area contributed by atoms with E-state index in [2.05, 4.69) is 25.4 Å². The van der Waals surface area contributed by atoms with Crippen LogP contribution in [-0.2, 0) is 14.3 Å². The summed E-state index contributed by atoms with van der Waals surface area (Å²) in [6.45, 7) is 3.28. The first-order chi connectivity index (χ1) is 16.1. The van der Waals surface area contributed by atoms with E-state index in [4.69, 9.17) is 0 Å². The van der Waals surface area contributed by atoms with Crippen molar-refractivity contribution in [3.05, 3.63) is 24.3 Å². The number of alkyl halides is 3. The molecule has 2 rings (SSSR count). The molecule has 11 nitrogen and oxygen atoms in total. The highest BCUT2D eigenvalue weighted by atomic mass is 19.4. The predicted octanol–water partition coefficient (Wildman–Crippen LogP) is 0.636. The van der Waals surface area contributed by atoms with Crippen molar-refractivity contribution in [2.75, 3.05) is 12.4 Å². The van der Waals surface area contributed by atoms with Crippen molar-refractivity contribution in [3.63, 3.8) is 0 Å². The number of ether oxygens (including phenoxy) is 2. The van der Waals surface area contributed by atoms with E-state index in [9.17, 15) is 42.9 Å². The van der Waals surface area contributed by atoms with Gasteiger partial charge in [-0.2, -0.15) is 0 Å². The number of methoxy groups -OCH3 is 1. The van der Waals surface area contributed by atoms with E-state index in [0.717, 1.165) is 31.4 Å². The van der Waals surface area contributed by atoms with Crippen LogP contribution in [0.5, 0.6) is 5.75 Å². The summed E-state index contributed by atoms with van der Waals surface area (Å²) in [6.07, 6.45) is -9.09. The van der Waals surface area contributed by atoms with Gasteiger partial charge in [-0.15, -0.1) is 13.2 Å². The molecule has 5 atom stereocenters. The average Bonchev–Trinajstić information content (AvgIpc) is 2.74. The Hall–Kier alpha value is -3.10. The van der Waals surface area contributed by atoms with Gasteiger partial charge in [-0.25, -0.2) is 9.59 Å². The minimum absolute atomic E-state index is 0.0775. The fraction of sp³-hybridized carbons (Fsp3) is 0.571. The van der Waals surface area contributed by atoms with Crippen LogP contribution >= 0.6 is 0 Å². The molecule has 0 aliphatic heterocycles. The summed E-state index contributed by atoms with van der Waals surface area (Å²) >= 11 is 0. The number of carbonyl (C=O) groups is 3. The van der Waals surface area contributed by atoms with Gasteiger partial charge >= 0.3 is 18.4 Å². The van der Waals surface area contributed by atoms with E-state index >= 15 is 0 Å². The smallest absolute Gasteiger partial charge is 0.467 e. The van der Waals surface area contributed by atoms with E-state index in [1.807, 2.05) is 0 Å². The molecule has 0 bridgehead atoms. The Morgan fingerprint density at radius 1 is 1.11 bits per heavy atom. The van der Waals surface area contributed by atoms with Crippen LogP contribution in [0.15, 0.2) is 24.3 Å². The zero-order valence-corrected chi connectivity index (χ0v) is 19.1. The second kappa shape index (κ2) is 11.1. The number of anilines is 1. The zero-order chi connectivity index (χ0) is 26.6. The van der Waals surface area contributed by atoms with Crippen LogP contribution in [0, 0.1) is 5.92 Å². The summed E-state index contributed by atoms with van der Waals surface area (Å²) in [5.74, 6) is -2.63. The van der Waals surface area contributed by atoms with Gasteiger partial charge in [0, 0.05) is 18.5 Å². The number of rotatable bonds is 7. The molecular formula is C21H28F3N3O8. The highest BCUT2D eigenvalue weighted by Gasteiger charge is 2.50. The highest BCUT2D eigenvalue weighted by molar-refractivity contribution is 5.91. The van der Waals surface area contributed by atoms with Gasteiger partial charge in [0.1, 0.15) is 23.5 Å². The van der Waals surface area contributed by atoms with Crippen molar-refractivity contribution in [1.29, 1.82) is 0 Å². The summed E-state index contributed by atoms with van der Waals surface area (Å²) < 4.78 is 45.1. The molecule has 3 amide bonds. The van der Waals surface area contributed by atoms with Crippen LogP contribution in [0.25, 0.3) is 0 Å². The first kappa shape index (κ1) is 28.1. The second-order valence-electron chi connectivity index (χ2n) is 8.49. The van der Waals surface area contributed by atoms with Gasteiger partial charge in [0.05, 0.1) is 19.3 Å². The van der Waals surface area contributed by atoms with Crippen molar-refractivity contribution < 1.29 is 52.3 Å². The number of amides is 3. The fourth-order valence-corrected chi connectivity index (χ4v) is 3.60. The molecule has 1 aliphatic carbocycles. The number of esters is 1. The third kappa shape index (κ3) is 7.70. The Bertz CT molecular complexity index is 912. The minimum atomic E-state index is -4.88. The Labute approximate surface area is 198 Å². The van der Waals surface area contributed by atoms with Crippen LogP contribution in [0.2, 0.25) is 0 Å². The number of halogens is 3. The Morgan fingerprint density at radius 3 is 2.23 bits per heavy atom. The van der Waals surface area contributed by atoms with E-state index in [-0.39, 0.29) is 11.6 Å². The Morgan fingerprint density at radius 2 is 1.71 bits per heavy atom. The molecule has 14 heteroatoms. The van der Waals surface area contributed by atoms with Gasteiger partial charge in [0.15, 0.2) is 0 Å². The van der Waals surface area contributed by atoms with E-state index in [1.165, 1.54) is 0 Å². The molecule has 6 N–H and O–H groups in total. The first-order valence-electron chi connectivity index (χ1n) is 10.6. The number of benzene rings is 1. The lowest BCUT2D eigenvalue weighted by Crippen LogP contribution is -2.64. The standard InChI is InChI=1S/C21H28F3N3O8/c1-10(2)15(17(30)34-3)27-18(31)20(33)8-13(16(29)14(28)9-20)26-19(32)25-11-4-6-12(7-5-11)35-21(22,23)24/h4-7,10,13-16,28-29,33H,8-9H2,1-3H3,(H,27,31)(H2,25,26,32)/t13-,14+,15+,16+,20-/m0/s1. The molecule has 35 heavy (non-hydrogen) atoms. The maximum atomic E-state index is 12.8. The van der Waals surface area contributed by atoms with Crippen molar-refractivity contribution in [3.8, 4) is 5.75 Å². The monoisotopic (exact) mass is 507 g/mol. The summed E-state index contributed by atoms with van der Waals surface area (Å²) in [5, 5.41) is 38.4. The molecule has 1 aromatic carbocycles. The van der Waals surface area contributed by atoms with Crippen molar-refractivity contribution in [1.82, 2.24) is 10.6 Å². The van der Waals surface area contributed by atoms with E-state index < -0.39 is 72.8 Å². The average molecular weight is 507 g/mol. The van der Waals surface area contributed by atoms with Crippen LogP contribution in [-0.4, -0.2) is 76.6 Å². The van der Waals surface area contributed by atoms with Crippen LogP contribution in [0.4, 0.5) is 23.7 Å². The molecule has 0 aromatic heterocycles. The molecule has 1 saturated carbocycles. The van der Waals surface area contributed by atoms with Gasteiger partial charge in [-0.3, -0.25) is 4.79 Å². The zero-order valence-electron chi connectivity index (χ0n) is 19.1. The lowest BCUT2D eigenvalue weighted by molar-refractivity contribution is -0.274. The molecule has 1 aliphatic rings. The molecule has 0 radical (unpaired) electrons. The van der Waals surface area contributed by atoms with E-state index in [0.29, 0.717) is 0 Å². The normalized spacial score (nSPS) is 25.4. The van der Waals surface area contributed by atoms with Gasteiger partial charge in [-0.1, -0.05) is 13.8 Å². The Balaban J connectivity index is 2.06. The summed E-state index contributed by atoms with van der Waals surface area (Å²) in [7, 11) is 1.13. The minimum Gasteiger partial charge on any atom is -0.467 e. The van der Waals surface area contributed by atoms with Gasteiger partial charge < -0.3 is 40.7 Å². The van der Waals surface area contributed by atoms with Crippen molar-refractivity contribution >= 4 is 23.6 Å². The van der Waals surface area contributed by atoms with Crippen molar-refractivity contribution in [2.45, 2.75) is 62.9 Å². The number of urea groups is 1. The fourth-order valence-electron chi connectivity index (χ4n) is 3.60. The number of nitrogens with one attached hydrogen (secondary N) is 3. The molecule has 0 heterocycles. The summed E-state index contributed by atoms with van der Waals surface area (Å²) in [4.78, 5) is 37.1. The number of hydrogen-bond donors (Lipinski definition) is 6. The lowest BCUT2D eigenvalue weighted by atomic mass is 9.77. The highest BCUT2D eigenvalue weighted by Crippen LogP contribution is 2.30. The van der Waals surface area contributed by atoms with Crippen LogP contribution in [0.1, 0.15) is 26.7 Å². The number of hydrogen-bond acceptors (Lipinski definition) is 8. The maximum absolute atomic E-state index is 12.8. The molecule has 1 aromatic rings. The molecule has 196 valence electrons. The molecular weight excluding hydrogens is 479 g/mol. The lowest BCUT2D eigenvalue weighted by Gasteiger charge is -2.42. The third-order valence-corrected chi connectivity index (χ3v) is 5.40. The number of aliphatic hydroxyl groups is 3. The van der Waals surface area contributed by atoms with Crippen LogP contribution < -0.4 is 20.7 Å². The van der Waals surface area contributed by atoms with Gasteiger partial charge in [-0.05, 0) is 30.2 Å². The second-order valence-corrected chi connectivity index (χ2v) is 8.49. The quantitative estimate of drug-likeness (QED) is 0.293. The molecule has 0 saturated heterocycles. The predicted molar refractivity (Wildman–Crippen MR) is 114 cm³/mol. The number of carbonyl (C=O) groups excluding carboxylic acids is 3. The molecule has 0 unspecified atom stereocenters. The van der Waals surface area contributed by atoms with Gasteiger partial charge in [0.25, 0.3) is 5.91 Å². The topological polar surface area (TPSA) is 166 Å². The number of aliphatic hydroxyl groups excluding tert-OH is 2. The third-order valence-electron chi connectivity index (χ3n) is 5.40. The van der Waals surface area contributed by atoms with Gasteiger partial charge in [0.2, 0.25) is 0 Å². The largest absolute Gasteiger partial charge is 0.573 e. The van der Waals surface area contributed by atoms with E-state index in [1.54, 1.807) is 13.8 Å². The van der Waals surface area contributed by atoms with Crippen LogP contribution in [0.3, 0.4) is 0 Å². The summed E-state index contributed by atoms with van der Waals surface area (Å²) in [5.41, 5.74) is -2.16. The SMILES string of the molecule is COC(=O)[C@H](NC(=O)[C@@]1(O)C[C@@H](O)[C@H](O)[C@@H](NC(=O)Nc2ccc(OC(F)(F)F)cc2)C1)C(C)C. The summed E-state index contributed by atoms with van der Waals surface area (Å²) in [6, 6.07) is 0.906. The first-order valence-corrected chi connectivity index (χ1v) is 10.6. The molecule has 1 fully saturated rings.